The van der Waals surface area contributed by atoms with Gasteiger partial charge in [0, 0.05) is 36.9 Å². The molecule has 2 amide bonds. The molecule has 1 aliphatic rings. The molecule has 0 aliphatic carbocycles. The average molecular weight is 399 g/mol. The predicted molar refractivity (Wildman–Crippen MR) is 103 cm³/mol. The summed E-state index contributed by atoms with van der Waals surface area (Å²) in [6.45, 7) is 2.21. The fraction of sp³-hybridized carbons (Fsp3) is 0.500. The quantitative estimate of drug-likeness (QED) is 0.685. The van der Waals surface area contributed by atoms with Crippen LogP contribution in [0.2, 0.25) is 0 Å². The monoisotopic (exact) mass is 398 g/mol. The zero-order valence-electron chi connectivity index (χ0n) is 14.5. The Morgan fingerprint density at radius 1 is 1.38 bits per heavy atom. The molecule has 1 aliphatic heterocycles. The van der Waals surface area contributed by atoms with Crippen molar-refractivity contribution in [1.82, 2.24) is 25.4 Å². The van der Waals surface area contributed by atoms with E-state index in [2.05, 4.69) is 26.0 Å². The Hall–Kier alpha value is -1.97. The molecule has 0 atom stereocenters. The van der Waals surface area contributed by atoms with Gasteiger partial charge in [0.1, 0.15) is 0 Å². The number of rotatable bonds is 6. The summed E-state index contributed by atoms with van der Waals surface area (Å²) in [7, 11) is 1.77. The van der Waals surface area contributed by atoms with Crippen LogP contribution in [0.5, 0.6) is 0 Å². The third kappa shape index (κ3) is 5.26. The standard InChI is InChI=1S/C16H22N6O2S.ClH/c1-22-16(20-14(21-22)11-2-6-17-7-3-11)19-13(23)4-8-18-15(24)12-5-9-25-10-12;/h5,9-11,17H,2-4,6-8H2,1H3,(H,18,24)(H,19,20,21,23);1H. The van der Waals surface area contributed by atoms with Crippen LogP contribution < -0.4 is 16.0 Å². The predicted octanol–water partition coefficient (Wildman–Crippen LogP) is 1.52. The van der Waals surface area contributed by atoms with Gasteiger partial charge in [-0.2, -0.15) is 21.4 Å². The van der Waals surface area contributed by atoms with Crippen LogP contribution in [0.4, 0.5) is 5.95 Å². The molecular formula is C16H23ClN6O2S. The minimum absolute atomic E-state index is 0. The molecule has 26 heavy (non-hydrogen) atoms. The average Bonchev–Trinajstić information content (AvgIpc) is 3.26. The van der Waals surface area contributed by atoms with Gasteiger partial charge in [-0.3, -0.25) is 14.9 Å². The van der Waals surface area contributed by atoms with E-state index in [-0.39, 0.29) is 37.2 Å². The molecule has 0 bridgehead atoms. The van der Waals surface area contributed by atoms with Crippen molar-refractivity contribution in [3.05, 3.63) is 28.2 Å². The van der Waals surface area contributed by atoms with E-state index in [9.17, 15) is 9.59 Å². The number of aromatic nitrogens is 3. The number of hydrogen-bond donors (Lipinski definition) is 3. The van der Waals surface area contributed by atoms with Crippen LogP contribution in [-0.4, -0.2) is 46.2 Å². The van der Waals surface area contributed by atoms with Crippen molar-refractivity contribution < 1.29 is 9.59 Å². The summed E-state index contributed by atoms with van der Waals surface area (Å²) in [4.78, 5) is 28.3. The van der Waals surface area contributed by atoms with Gasteiger partial charge in [-0.1, -0.05) is 0 Å². The highest BCUT2D eigenvalue weighted by molar-refractivity contribution is 7.08. The second kappa shape index (κ2) is 9.65. The first kappa shape index (κ1) is 20.3. The third-order valence-corrected chi connectivity index (χ3v) is 4.84. The Bertz CT molecular complexity index is 727. The number of nitrogens with zero attached hydrogens (tertiary/aromatic N) is 3. The Kier molecular flexibility index (Phi) is 7.55. The molecule has 2 aromatic heterocycles. The largest absolute Gasteiger partial charge is 0.351 e. The van der Waals surface area contributed by atoms with E-state index in [1.165, 1.54) is 11.3 Å². The Balaban J connectivity index is 0.00000243. The van der Waals surface area contributed by atoms with Gasteiger partial charge in [0.2, 0.25) is 11.9 Å². The van der Waals surface area contributed by atoms with Crippen molar-refractivity contribution in [3.8, 4) is 0 Å². The summed E-state index contributed by atoms with van der Waals surface area (Å²) in [6.07, 6.45) is 2.20. The van der Waals surface area contributed by atoms with Gasteiger partial charge in [-0.05, 0) is 37.4 Å². The number of halogens is 1. The lowest BCUT2D eigenvalue weighted by atomic mass is 9.98. The zero-order chi connectivity index (χ0) is 17.6. The number of thiophene rings is 1. The first-order valence-electron chi connectivity index (χ1n) is 8.35. The van der Waals surface area contributed by atoms with Crippen LogP contribution in [0.1, 0.15) is 41.4 Å². The number of amides is 2. The SMILES string of the molecule is Cl.Cn1nc(C2CCNCC2)nc1NC(=O)CCNC(=O)c1ccsc1. The van der Waals surface area contributed by atoms with E-state index in [0.717, 1.165) is 31.8 Å². The van der Waals surface area contributed by atoms with Gasteiger partial charge in [0.15, 0.2) is 5.82 Å². The fourth-order valence-electron chi connectivity index (χ4n) is 2.74. The summed E-state index contributed by atoms with van der Waals surface area (Å²) in [6, 6.07) is 1.75. The second-order valence-corrected chi connectivity index (χ2v) is 6.79. The van der Waals surface area contributed by atoms with Gasteiger partial charge in [0.25, 0.3) is 5.91 Å². The summed E-state index contributed by atoms with van der Waals surface area (Å²) in [5.41, 5.74) is 0.616. The highest BCUT2D eigenvalue weighted by Crippen LogP contribution is 2.23. The summed E-state index contributed by atoms with van der Waals surface area (Å²) < 4.78 is 1.60. The molecule has 1 saturated heterocycles. The number of anilines is 1. The molecule has 0 aromatic carbocycles. The van der Waals surface area contributed by atoms with Crippen LogP contribution in [0.25, 0.3) is 0 Å². The number of piperidine rings is 1. The molecule has 3 heterocycles. The van der Waals surface area contributed by atoms with Gasteiger partial charge < -0.3 is 10.6 Å². The molecule has 10 heteroatoms. The topological polar surface area (TPSA) is 101 Å². The molecule has 0 saturated carbocycles. The minimum atomic E-state index is -0.196. The second-order valence-electron chi connectivity index (χ2n) is 6.01. The van der Waals surface area contributed by atoms with Crippen molar-refractivity contribution in [1.29, 1.82) is 0 Å². The van der Waals surface area contributed by atoms with E-state index >= 15 is 0 Å². The van der Waals surface area contributed by atoms with Gasteiger partial charge >= 0.3 is 0 Å². The lowest BCUT2D eigenvalue weighted by Crippen LogP contribution is -2.27. The Morgan fingerprint density at radius 2 is 2.15 bits per heavy atom. The summed E-state index contributed by atoms with van der Waals surface area (Å²) >= 11 is 1.46. The van der Waals surface area contributed by atoms with Gasteiger partial charge in [0.05, 0.1) is 0 Å². The molecule has 3 rings (SSSR count). The van der Waals surface area contributed by atoms with Crippen molar-refractivity contribution in [3.63, 3.8) is 0 Å². The number of carbonyl (C=O) groups is 2. The van der Waals surface area contributed by atoms with Crippen molar-refractivity contribution in [2.75, 3.05) is 25.0 Å². The van der Waals surface area contributed by atoms with E-state index in [0.29, 0.717) is 17.4 Å². The first-order valence-corrected chi connectivity index (χ1v) is 9.29. The van der Waals surface area contributed by atoms with Crippen molar-refractivity contribution >= 4 is 41.5 Å². The van der Waals surface area contributed by atoms with Crippen LogP contribution in [0.3, 0.4) is 0 Å². The first-order chi connectivity index (χ1) is 12.1. The van der Waals surface area contributed by atoms with Crippen LogP contribution in [0, 0.1) is 0 Å². The van der Waals surface area contributed by atoms with E-state index in [1.54, 1.807) is 23.2 Å². The molecule has 0 unspecified atom stereocenters. The Morgan fingerprint density at radius 3 is 2.85 bits per heavy atom. The summed E-state index contributed by atoms with van der Waals surface area (Å²) in [5.74, 6) is 1.20. The molecular weight excluding hydrogens is 376 g/mol. The minimum Gasteiger partial charge on any atom is -0.351 e. The Labute approximate surface area is 162 Å². The lowest BCUT2D eigenvalue weighted by Gasteiger charge is -2.19. The fourth-order valence-corrected chi connectivity index (χ4v) is 3.37. The molecule has 0 radical (unpaired) electrons. The molecule has 2 aromatic rings. The molecule has 3 N–H and O–H groups in total. The van der Waals surface area contributed by atoms with Crippen LogP contribution >= 0.6 is 23.7 Å². The maximum Gasteiger partial charge on any atom is 0.252 e. The number of carbonyl (C=O) groups excluding carboxylic acids is 2. The maximum absolute atomic E-state index is 12.1. The third-order valence-electron chi connectivity index (χ3n) is 4.16. The molecule has 0 spiro atoms. The van der Waals surface area contributed by atoms with Gasteiger partial charge in [-0.15, -0.1) is 12.4 Å². The highest BCUT2D eigenvalue weighted by Gasteiger charge is 2.21. The normalized spacial score (nSPS) is 14.5. The van der Waals surface area contributed by atoms with Crippen molar-refractivity contribution in [2.45, 2.75) is 25.2 Å². The van der Waals surface area contributed by atoms with Gasteiger partial charge in [-0.25, -0.2) is 4.68 Å². The van der Waals surface area contributed by atoms with Crippen LogP contribution in [-0.2, 0) is 11.8 Å². The maximum atomic E-state index is 12.1. The lowest BCUT2D eigenvalue weighted by molar-refractivity contribution is -0.116. The smallest absolute Gasteiger partial charge is 0.252 e. The molecule has 1 fully saturated rings. The molecule has 8 nitrogen and oxygen atoms in total. The molecule has 142 valence electrons. The highest BCUT2D eigenvalue weighted by atomic mass is 35.5. The summed E-state index contributed by atoms with van der Waals surface area (Å²) in [5, 5.41) is 16.9. The van der Waals surface area contributed by atoms with E-state index in [4.69, 9.17) is 0 Å². The van der Waals surface area contributed by atoms with Crippen molar-refractivity contribution in [2.24, 2.45) is 7.05 Å². The number of aryl methyl sites for hydroxylation is 1. The number of nitrogens with one attached hydrogen (secondary N) is 3. The number of hydrogen-bond acceptors (Lipinski definition) is 6. The van der Waals surface area contributed by atoms with Crippen LogP contribution in [0.15, 0.2) is 16.8 Å². The van der Waals surface area contributed by atoms with E-state index in [1.807, 2.05) is 5.38 Å². The zero-order valence-corrected chi connectivity index (χ0v) is 16.2. The van der Waals surface area contributed by atoms with E-state index < -0.39 is 0 Å².